The van der Waals surface area contributed by atoms with E-state index >= 15 is 0 Å². The Kier molecular flexibility index (Phi) is 11.1. The summed E-state index contributed by atoms with van der Waals surface area (Å²) in [5.74, 6) is -0.0707. The molecule has 5 nitrogen and oxygen atoms in total. The van der Waals surface area contributed by atoms with E-state index in [1.165, 1.54) is 0 Å². The molecule has 70 heavy (non-hydrogen) atoms. The summed E-state index contributed by atoms with van der Waals surface area (Å²) in [5, 5.41) is 3.93. The van der Waals surface area contributed by atoms with Crippen molar-refractivity contribution in [3.05, 3.63) is 109 Å². The Balaban J connectivity index is 1.14. The smallest absolute Gasteiger partial charge is 0.164 e. The van der Waals surface area contributed by atoms with Crippen molar-refractivity contribution in [3.63, 3.8) is 0 Å². The third-order valence-corrected chi connectivity index (χ3v) is 13.1. The molecule has 0 aliphatic carbocycles. The standard InChI is InChI=1S/C51H18B14N4O/c52-35-31(32-37(54)43(60)47(64)44(61)38(32)55)36(53)42(59)39(56)33(35)50-66-49(67-51(68-50)34-40(57)45(62)48(65)46(63)41(34)58)21-13-15-23-29(18-21)70-28-12-6-11-27(30(23)28)69-25-10-5-4-9-22(25)24-17-20(14-16-26(24)69)19-7-2-1-3-8-19/h1-18H. The van der Waals surface area contributed by atoms with E-state index in [0.717, 1.165) is 49.4 Å². The fourth-order valence-corrected chi connectivity index (χ4v) is 9.45. The highest BCUT2D eigenvalue weighted by Crippen LogP contribution is 2.40. The van der Waals surface area contributed by atoms with E-state index in [2.05, 4.69) is 59.2 Å². The number of furan rings is 1. The maximum atomic E-state index is 7.01. The average molecular weight is 854 g/mol. The summed E-state index contributed by atoms with van der Waals surface area (Å²) < 4.78 is 8.92. The van der Waals surface area contributed by atoms with Gasteiger partial charge in [0.1, 0.15) is 121 Å². The van der Waals surface area contributed by atoms with Crippen LogP contribution < -0.4 is 76.5 Å². The first kappa shape index (κ1) is 45.7. The number of benzene rings is 8. The van der Waals surface area contributed by atoms with Crippen LogP contribution in [0.3, 0.4) is 0 Å². The Morgan fingerprint density at radius 3 is 1.43 bits per heavy atom. The SMILES string of the molecule is [B]c1c([B])c([B])c(-c2nc(-c3ccc4c(c3)oc3cccc(-n5c6ccccc6c6cc(-c7ccccc7)ccc65)c34)nc(-c3c([B])c([B])c([B])c(-c4c([B])c([B])c([B])c([B])c4[B])c3[B])n2)c([B])c1[B]. The number of fused-ring (bicyclic) bond motifs is 6. The number of hydrogen-bond acceptors (Lipinski definition) is 4. The van der Waals surface area contributed by atoms with E-state index in [0.29, 0.717) is 16.7 Å². The van der Waals surface area contributed by atoms with Crippen LogP contribution in [0.2, 0.25) is 0 Å². The molecule has 11 aromatic rings. The molecular formula is C51H18B14N4O. The van der Waals surface area contributed by atoms with Gasteiger partial charge in [-0.05, 0) is 64.7 Å². The fourth-order valence-electron chi connectivity index (χ4n) is 9.45. The zero-order valence-corrected chi connectivity index (χ0v) is 37.2. The minimum Gasteiger partial charge on any atom is -0.456 e. The first-order valence-corrected chi connectivity index (χ1v) is 21.7. The summed E-state index contributed by atoms with van der Waals surface area (Å²) in [7, 11) is 90.9. The molecule has 0 spiro atoms. The van der Waals surface area contributed by atoms with Crippen molar-refractivity contribution >= 4 is 230 Å². The van der Waals surface area contributed by atoms with Gasteiger partial charge in [-0.15, -0.1) is 38.2 Å². The first-order valence-electron chi connectivity index (χ1n) is 21.7. The second-order valence-electron chi connectivity index (χ2n) is 17.0. The highest BCUT2D eigenvalue weighted by Gasteiger charge is 2.25. The van der Waals surface area contributed by atoms with Gasteiger partial charge in [-0.1, -0.05) is 105 Å². The monoisotopic (exact) mass is 856 g/mol. The lowest BCUT2D eigenvalue weighted by atomic mass is 9.56. The molecule has 11 rings (SSSR count). The third kappa shape index (κ3) is 6.85. The molecule has 3 heterocycles. The van der Waals surface area contributed by atoms with Gasteiger partial charge in [0, 0.05) is 32.8 Å². The summed E-state index contributed by atoms with van der Waals surface area (Å²) >= 11 is 0. The van der Waals surface area contributed by atoms with Crippen LogP contribution in [-0.4, -0.2) is 129 Å². The van der Waals surface area contributed by atoms with E-state index in [1.807, 2.05) is 54.6 Å². The van der Waals surface area contributed by atoms with Crippen LogP contribution in [0, 0.1) is 0 Å². The maximum absolute atomic E-state index is 7.01. The van der Waals surface area contributed by atoms with Gasteiger partial charge in [-0.2, -0.15) is 0 Å². The lowest BCUT2D eigenvalue weighted by Crippen LogP contribution is -2.57. The van der Waals surface area contributed by atoms with Crippen LogP contribution >= 0.6 is 0 Å². The summed E-state index contributed by atoms with van der Waals surface area (Å²) in [6, 6.07) is 36.8. The van der Waals surface area contributed by atoms with E-state index < -0.39 is 0 Å². The Labute approximate surface area is 422 Å². The molecule has 0 saturated carbocycles. The second-order valence-corrected chi connectivity index (χ2v) is 17.0. The van der Waals surface area contributed by atoms with E-state index in [1.54, 1.807) is 0 Å². The lowest BCUT2D eigenvalue weighted by Gasteiger charge is -2.28. The highest BCUT2D eigenvalue weighted by atomic mass is 16.3. The molecule has 0 atom stereocenters. The molecule has 0 saturated heterocycles. The van der Waals surface area contributed by atoms with Gasteiger partial charge in [-0.25, -0.2) is 15.0 Å². The highest BCUT2D eigenvalue weighted by molar-refractivity contribution is 6.71. The Morgan fingerprint density at radius 2 is 0.800 bits per heavy atom. The van der Waals surface area contributed by atoms with Gasteiger partial charge in [0.15, 0.2) is 17.5 Å². The van der Waals surface area contributed by atoms with Crippen molar-refractivity contribution < 1.29 is 4.42 Å². The molecule has 3 aromatic heterocycles. The maximum Gasteiger partial charge on any atom is 0.164 e. The topological polar surface area (TPSA) is 56.7 Å². The van der Waals surface area contributed by atoms with Crippen LogP contribution in [0.15, 0.2) is 114 Å². The molecule has 0 bridgehead atoms. The number of hydrogen-bond donors (Lipinski definition) is 0. The van der Waals surface area contributed by atoms with Crippen LogP contribution in [-0.2, 0) is 0 Å². The van der Waals surface area contributed by atoms with E-state index in [9.17, 15) is 0 Å². The molecule has 0 N–H and O–H groups in total. The van der Waals surface area contributed by atoms with Gasteiger partial charge in [0.25, 0.3) is 0 Å². The fraction of sp³-hybridized carbons (Fsp3) is 0. The zero-order valence-electron chi connectivity index (χ0n) is 37.2. The van der Waals surface area contributed by atoms with Gasteiger partial charge >= 0.3 is 0 Å². The summed E-state index contributed by atoms with van der Waals surface area (Å²) in [6.45, 7) is 0. The van der Waals surface area contributed by atoms with Gasteiger partial charge < -0.3 is 8.98 Å². The molecule has 0 amide bonds. The van der Waals surface area contributed by atoms with Crippen LogP contribution in [0.5, 0.6) is 0 Å². The Hall–Kier alpha value is -6.72. The van der Waals surface area contributed by atoms with Crippen LogP contribution in [0.25, 0.3) is 106 Å². The molecule has 28 radical (unpaired) electrons. The van der Waals surface area contributed by atoms with Crippen LogP contribution in [0.4, 0.5) is 0 Å². The predicted molar refractivity (Wildman–Crippen MR) is 304 cm³/mol. The van der Waals surface area contributed by atoms with Crippen molar-refractivity contribution in [3.8, 4) is 62.1 Å². The van der Waals surface area contributed by atoms with E-state index in [4.69, 9.17) is 129 Å². The van der Waals surface area contributed by atoms with Gasteiger partial charge in [-0.3, -0.25) is 0 Å². The van der Waals surface area contributed by atoms with Gasteiger partial charge in [0.2, 0.25) is 0 Å². The molecule has 0 fully saturated rings. The first-order chi connectivity index (χ1) is 33.6. The normalized spacial score (nSPS) is 11.7. The molecule has 0 aliphatic heterocycles. The van der Waals surface area contributed by atoms with Gasteiger partial charge in [0.05, 0.1) is 22.1 Å². The van der Waals surface area contributed by atoms with Crippen molar-refractivity contribution in [1.82, 2.24) is 19.5 Å². The molecule has 0 unspecified atom stereocenters. The minimum atomic E-state index is -0.102. The average Bonchev–Trinajstić information content (AvgIpc) is 3.92. The van der Waals surface area contributed by atoms with Crippen molar-refractivity contribution in [1.29, 1.82) is 0 Å². The van der Waals surface area contributed by atoms with Crippen molar-refractivity contribution in [2.45, 2.75) is 0 Å². The summed E-state index contributed by atoms with van der Waals surface area (Å²) in [4.78, 5) is 14.6. The molecule has 0 aliphatic rings. The summed E-state index contributed by atoms with van der Waals surface area (Å²) in [5.41, 5.74) is 6.35. The van der Waals surface area contributed by atoms with Crippen molar-refractivity contribution in [2.24, 2.45) is 0 Å². The number of aromatic nitrogens is 4. The Bertz CT molecular complexity index is 4020. The predicted octanol–water partition coefficient (Wildman–Crippen LogP) is -3.68. The van der Waals surface area contributed by atoms with E-state index in [-0.39, 0.29) is 116 Å². The Morgan fingerprint density at radius 1 is 0.314 bits per heavy atom. The summed E-state index contributed by atoms with van der Waals surface area (Å²) in [6.07, 6.45) is 0. The van der Waals surface area contributed by atoms with Crippen molar-refractivity contribution in [2.75, 3.05) is 0 Å². The third-order valence-electron chi connectivity index (χ3n) is 13.1. The lowest BCUT2D eigenvalue weighted by molar-refractivity contribution is 0.669. The molecule has 8 aromatic carbocycles. The molecule has 290 valence electrons. The number of rotatable bonds is 6. The largest absolute Gasteiger partial charge is 0.456 e. The minimum absolute atomic E-state index is 0.0116. The second kappa shape index (κ2) is 17.0. The molecular weight excluding hydrogens is 836 g/mol. The van der Waals surface area contributed by atoms with Crippen LogP contribution in [0.1, 0.15) is 0 Å². The zero-order chi connectivity index (χ0) is 49.2. The quantitative estimate of drug-likeness (QED) is 0.162. The molecule has 19 heteroatoms. The number of nitrogens with zero attached hydrogens (tertiary/aromatic N) is 4. The number of para-hydroxylation sites is 1.